The van der Waals surface area contributed by atoms with E-state index in [-0.39, 0.29) is 0 Å². The Balaban J connectivity index is 1.38. The normalized spacial score (nSPS) is 11.4. The number of para-hydroxylation sites is 1. The second-order valence-corrected chi connectivity index (χ2v) is 10.3. The monoisotopic (exact) mass is 526 g/mol. The molecule has 2 aromatic heterocycles. The highest BCUT2D eigenvalue weighted by Crippen LogP contribution is 2.44. The van der Waals surface area contributed by atoms with E-state index in [2.05, 4.69) is 155 Å². The maximum Gasteiger partial charge on any atom is 0.205 e. The number of nitrogens with one attached hydrogen (secondary N) is 1. The van der Waals surface area contributed by atoms with Crippen molar-refractivity contribution in [1.82, 2.24) is 4.98 Å². The summed E-state index contributed by atoms with van der Waals surface area (Å²) in [5.41, 5.74) is 9.54. The fraction of sp³-hybridized carbons (Fsp3) is 0. The summed E-state index contributed by atoms with van der Waals surface area (Å²) >= 11 is 0. The average Bonchev–Trinajstić information content (AvgIpc) is 3.65. The molecule has 194 valence electrons. The highest BCUT2D eigenvalue weighted by atomic mass is 16.3. The first kappa shape index (κ1) is 23.4. The second-order valence-electron chi connectivity index (χ2n) is 10.3. The van der Waals surface area contributed by atoms with Crippen molar-refractivity contribution < 1.29 is 4.42 Å². The van der Waals surface area contributed by atoms with Gasteiger partial charge in [-0.25, -0.2) is 0 Å². The number of furan rings is 1. The summed E-state index contributed by atoms with van der Waals surface area (Å²) in [6, 6.07) is 51.6. The first-order valence-electron chi connectivity index (χ1n) is 13.9. The van der Waals surface area contributed by atoms with E-state index < -0.39 is 0 Å². The predicted octanol–water partition coefficient (Wildman–Crippen LogP) is 10.9. The van der Waals surface area contributed by atoms with E-state index in [1.165, 1.54) is 33.0 Å². The van der Waals surface area contributed by atoms with E-state index in [4.69, 9.17) is 4.42 Å². The van der Waals surface area contributed by atoms with Crippen molar-refractivity contribution in [3.8, 4) is 22.3 Å². The molecule has 0 radical (unpaired) electrons. The quantitative estimate of drug-likeness (QED) is 0.242. The summed E-state index contributed by atoms with van der Waals surface area (Å²) in [5, 5.41) is 4.60. The fourth-order valence-corrected chi connectivity index (χ4v) is 5.91. The SMILES string of the molecule is c1ccc(-c2ccc(N(c3cc(-c4ccccc4)c4ccccc4c3)c3cccc4c3oc3[nH]ccc34)cc2)cc1. The van der Waals surface area contributed by atoms with Crippen LogP contribution in [0.3, 0.4) is 0 Å². The minimum Gasteiger partial charge on any atom is -0.438 e. The lowest BCUT2D eigenvalue weighted by Gasteiger charge is -2.27. The van der Waals surface area contributed by atoms with Crippen LogP contribution in [0.25, 0.3) is 55.1 Å². The van der Waals surface area contributed by atoms with Crippen molar-refractivity contribution in [2.24, 2.45) is 0 Å². The van der Waals surface area contributed by atoms with Crippen molar-refractivity contribution in [2.45, 2.75) is 0 Å². The Morgan fingerprint density at radius 1 is 0.488 bits per heavy atom. The van der Waals surface area contributed by atoms with Gasteiger partial charge in [0.05, 0.1) is 5.69 Å². The number of fused-ring (bicyclic) bond motifs is 4. The molecule has 1 N–H and O–H groups in total. The summed E-state index contributed by atoms with van der Waals surface area (Å²) in [4.78, 5) is 5.57. The molecule has 0 amide bonds. The van der Waals surface area contributed by atoms with Crippen LogP contribution in [0, 0.1) is 0 Å². The van der Waals surface area contributed by atoms with E-state index in [1.54, 1.807) is 0 Å². The van der Waals surface area contributed by atoms with Gasteiger partial charge in [0, 0.05) is 28.3 Å². The lowest BCUT2D eigenvalue weighted by molar-refractivity contribution is 0.656. The summed E-state index contributed by atoms with van der Waals surface area (Å²) in [6.07, 6.45) is 1.93. The van der Waals surface area contributed by atoms with Gasteiger partial charge in [0.25, 0.3) is 0 Å². The highest BCUT2D eigenvalue weighted by Gasteiger charge is 2.21. The number of hydrogen-bond acceptors (Lipinski definition) is 2. The third-order valence-electron chi connectivity index (χ3n) is 7.86. The van der Waals surface area contributed by atoms with E-state index in [0.717, 1.165) is 39.1 Å². The first-order chi connectivity index (χ1) is 20.3. The average molecular weight is 527 g/mol. The molecule has 0 unspecified atom stereocenters. The molecule has 3 nitrogen and oxygen atoms in total. The molecule has 2 heterocycles. The summed E-state index contributed by atoms with van der Waals surface area (Å²) < 4.78 is 6.45. The maximum atomic E-state index is 6.45. The molecule has 0 saturated carbocycles. The summed E-state index contributed by atoms with van der Waals surface area (Å²) in [5.74, 6) is 0. The molecule has 0 spiro atoms. The van der Waals surface area contributed by atoms with Gasteiger partial charge in [0.2, 0.25) is 5.71 Å². The molecular weight excluding hydrogens is 500 g/mol. The van der Waals surface area contributed by atoms with Crippen molar-refractivity contribution in [2.75, 3.05) is 4.90 Å². The van der Waals surface area contributed by atoms with Crippen LogP contribution < -0.4 is 4.90 Å². The third-order valence-corrected chi connectivity index (χ3v) is 7.86. The standard InChI is InChI=1S/C38H26N2O/c1-3-10-26(11-4-1)27-18-20-30(21-19-27)40(36-17-9-16-33-34-22-23-39-38(34)41-37(33)36)31-24-29-14-7-8-15-32(29)35(25-31)28-12-5-2-6-13-28/h1-25,39H. The van der Waals surface area contributed by atoms with Crippen LogP contribution in [0.4, 0.5) is 17.1 Å². The molecule has 8 rings (SSSR count). The van der Waals surface area contributed by atoms with E-state index in [0.29, 0.717) is 0 Å². The molecular formula is C38H26N2O. The van der Waals surface area contributed by atoms with Gasteiger partial charge in [-0.15, -0.1) is 0 Å². The maximum absolute atomic E-state index is 6.45. The van der Waals surface area contributed by atoms with Crippen molar-refractivity contribution in [3.05, 3.63) is 152 Å². The summed E-state index contributed by atoms with van der Waals surface area (Å²) in [7, 11) is 0. The molecule has 0 aliphatic rings. The molecule has 0 fully saturated rings. The number of aromatic amines is 1. The van der Waals surface area contributed by atoms with Crippen LogP contribution >= 0.6 is 0 Å². The summed E-state index contributed by atoms with van der Waals surface area (Å²) in [6.45, 7) is 0. The molecule has 0 aliphatic heterocycles. The topological polar surface area (TPSA) is 32.2 Å². The zero-order chi connectivity index (χ0) is 27.2. The van der Waals surface area contributed by atoms with Gasteiger partial charge in [-0.2, -0.15) is 0 Å². The van der Waals surface area contributed by atoms with Crippen molar-refractivity contribution in [1.29, 1.82) is 0 Å². The molecule has 0 bridgehead atoms. The van der Waals surface area contributed by atoms with Crippen LogP contribution in [-0.2, 0) is 0 Å². The van der Waals surface area contributed by atoms with Gasteiger partial charge in [0.15, 0.2) is 5.58 Å². The van der Waals surface area contributed by atoms with Crippen molar-refractivity contribution in [3.63, 3.8) is 0 Å². The Hall–Kier alpha value is -5.54. The second kappa shape index (κ2) is 9.58. The minimum atomic E-state index is 0.787. The van der Waals surface area contributed by atoms with Gasteiger partial charge in [-0.05, 0) is 69.4 Å². The molecule has 8 aromatic rings. The fourth-order valence-electron chi connectivity index (χ4n) is 5.91. The van der Waals surface area contributed by atoms with Gasteiger partial charge >= 0.3 is 0 Å². The van der Waals surface area contributed by atoms with Crippen molar-refractivity contribution >= 4 is 49.9 Å². The molecule has 0 atom stereocenters. The van der Waals surface area contributed by atoms with Gasteiger partial charge in [-0.3, -0.25) is 0 Å². The number of aromatic nitrogens is 1. The van der Waals surface area contributed by atoms with Crippen LogP contribution in [-0.4, -0.2) is 4.98 Å². The molecule has 3 heteroatoms. The predicted molar refractivity (Wildman–Crippen MR) is 171 cm³/mol. The van der Waals surface area contributed by atoms with Gasteiger partial charge < -0.3 is 14.3 Å². The number of hydrogen-bond donors (Lipinski definition) is 1. The highest BCUT2D eigenvalue weighted by molar-refractivity contribution is 6.10. The molecule has 6 aromatic carbocycles. The van der Waals surface area contributed by atoms with Crippen LogP contribution in [0.15, 0.2) is 156 Å². The number of nitrogens with zero attached hydrogens (tertiary/aromatic N) is 1. The molecule has 41 heavy (non-hydrogen) atoms. The Labute approximate surface area is 237 Å². The number of anilines is 3. The largest absolute Gasteiger partial charge is 0.438 e. The van der Waals surface area contributed by atoms with Crippen LogP contribution in [0.2, 0.25) is 0 Å². The van der Waals surface area contributed by atoms with Gasteiger partial charge in [-0.1, -0.05) is 109 Å². The van der Waals surface area contributed by atoms with Crippen LogP contribution in [0.5, 0.6) is 0 Å². The Morgan fingerprint density at radius 2 is 1.17 bits per heavy atom. The van der Waals surface area contributed by atoms with E-state index in [1.807, 2.05) is 6.20 Å². The van der Waals surface area contributed by atoms with Crippen LogP contribution in [0.1, 0.15) is 0 Å². The molecule has 0 aliphatic carbocycles. The lowest BCUT2D eigenvalue weighted by atomic mass is 9.96. The first-order valence-corrected chi connectivity index (χ1v) is 13.9. The Kier molecular flexibility index (Phi) is 5.46. The van der Waals surface area contributed by atoms with E-state index >= 15 is 0 Å². The Bertz CT molecular complexity index is 2140. The third kappa shape index (κ3) is 3.98. The van der Waals surface area contributed by atoms with E-state index in [9.17, 15) is 0 Å². The number of benzene rings is 6. The zero-order valence-electron chi connectivity index (χ0n) is 22.3. The Morgan fingerprint density at radius 3 is 1.98 bits per heavy atom. The molecule has 0 saturated heterocycles. The zero-order valence-corrected chi connectivity index (χ0v) is 22.3. The lowest BCUT2D eigenvalue weighted by Crippen LogP contribution is -2.10. The minimum absolute atomic E-state index is 0.787. The number of H-pyrrole nitrogens is 1. The number of rotatable bonds is 5. The smallest absolute Gasteiger partial charge is 0.205 e. The van der Waals surface area contributed by atoms with Gasteiger partial charge in [0.1, 0.15) is 0 Å².